The van der Waals surface area contributed by atoms with Crippen LogP contribution in [-0.4, -0.2) is 47.9 Å². The fourth-order valence-corrected chi connectivity index (χ4v) is 5.83. The van der Waals surface area contributed by atoms with E-state index in [-0.39, 0.29) is 12.1 Å². The second kappa shape index (κ2) is 5.78. The molecule has 3 aliphatic rings. The van der Waals surface area contributed by atoms with Crippen LogP contribution in [0, 0.1) is 20.8 Å². The highest BCUT2D eigenvalue weighted by Gasteiger charge is 2.51. The van der Waals surface area contributed by atoms with Crippen LogP contribution < -0.4 is 4.90 Å². The number of piperazine rings is 1. The van der Waals surface area contributed by atoms with E-state index in [2.05, 4.69) is 14.9 Å². The van der Waals surface area contributed by atoms with Crippen LogP contribution in [0.3, 0.4) is 0 Å². The number of hydrogen-bond donors (Lipinski definition) is 0. The molecule has 0 radical (unpaired) electrons. The van der Waals surface area contributed by atoms with Gasteiger partial charge in [0.05, 0.1) is 4.90 Å². The largest absolute Gasteiger partial charge is 0.353 e. The van der Waals surface area contributed by atoms with Crippen LogP contribution in [0.15, 0.2) is 35.2 Å². The smallest absolute Gasteiger partial charge is 0.243 e. The molecule has 5 rings (SSSR count). The van der Waals surface area contributed by atoms with Gasteiger partial charge in [-0.1, -0.05) is 12.1 Å². The number of fused-ring (bicyclic) bond motifs is 2. The fraction of sp³-hybridized carbons (Fsp3) is 0.444. The van der Waals surface area contributed by atoms with E-state index in [4.69, 9.17) is 0 Å². The molecule has 2 unspecified atom stereocenters. The van der Waals surface area contributed by atoms with Gasteiger partial charge in [0.1, 0.15) is 11.6 Å². The second-order valence-corrected chi connectivity index (χ2v) is 8.86. The maximum atomic E-state index is 13.0. The minimum Gasteiger partial charge on any atom is -0.353 e. The van der Waals surface area contributed by atoms with Crippen LogP contribution in [0.5, 0.6) is 0 Å². The van der Waals surface area contributed by atoms with Gasteiger partial charge in [-0.25, -0.2) is 18.4 Å². The molecule has 1 aromatic carbocycles. The summed E-state index contributed by atoms with van der Waals surface area (Å²) in [4.78, 5) is 11.4. The Balaban J connectivity index is 1.58. The van der Waals surface area contributed by atoms with E-state index in [1.54, 1.807) is 22.5 Å². The molecule has 7 heteroatoms. The van der Waals surface area contributed by atoms with Crippen LogP contribution in [0.4, 0.5) is 5.82 Å². The lowest BCUT2D eigenvalue weighted by Gasteiger charge is -2.55. The zero-order chi connectivity index (χ0) is 17.8. The molecule has 3 saturated heterocycles. The van der Waals surface area contributed by atoms with Crippen molar-refractivity contribution in [1.82, 2.24) is 14.3 Å². The Labute approximate surface area is 148 Å². The summed E-state index contributed by atoms with van der Waals surface area (Å²) >= 11 is 0. The molecule has 0 spiro atoms. The molecule has 6 nitrogen and oxygen atoms in total. The Morgan fingerprint density at radius 3 is 2.40 bits per heavy atom. The molecule has 2 aromatic rings. The number of hydrogen-bond acceptors (Lipinski definition) is 5. The first-order chi connectivity index (χ1) is 11.8. The van der Waals surface area contributed by atoms with E-state index < -0.39 is 10.0 Å². The Hall–Kier alpha value is -1.99. The lowest BCUT2D eigenvalue weighted by molar-refractivity contribution is 0.0874. The van der Waals surface area contributed by atoms with Crippen LogP contribution in [0.25, 0.3) is 0 Å². The molecule has 132 valence electrons. The van der Waals surface area contributed by atoms with Gasteiger partial charge in [0.15, 0.2) is 0 Å². The first-order valence-corrected chi connectivity index (χ1v) is 9.96. The summed E-state index contributed by atoms with van der Waals surface area (Å²) in [5.74, 6) is 1.64. The molecule has 3 aliphatic heterocycles. The lowest BCUT2D eigenvalue weighted by atomic mass is 9.91. The zero-order valence-electron chi connectivity index (χ0n) is 14.7. The molecule has 4 heterocycles. The average molecular weight is 358 g/mol. The number of piperidine rings is 1. The van der Waals surface area contributed by atoms with Gasteiger partial charge in [-0.15, -0.1) is 0 Å². The molecule has 2 bridgehead atoms. The number of nitrogens with zero attached hydrogens (tertiary/aromatic N) is 4. The van der Waals surface area contributed by atoms with Crippen molar-refractivity contribution in [2.75, 3.05) is 18.0 Å². The van der Waals surface area contributed by atoms with Crippen molar-refractivity contribution < 1.29 is 8.42 Å². The summed E-state index contributed by atoms with van der Waals surface area (Å²) < 4.78 is 27.7. The Kier molecular flexibility index (Phi) is 3.81. The van der Waals surface area contributed by atoms with E-state index >= 15 is 0 Å². The van der Waals surface area contributed by atoms with Crippen molar-refractivity contribution in [1.29, 1.82) is 0 Å². The normalized spacial score (nSPS) is 23.4. The van der Waals surface area contributed by atoms with Gasteiger partial charge < -0.3 is 4.90 Å². The number of rotatable bonds is 3. The number of anilines is 1. The summed E-state index contributed by atoms with van der Waals surface area (Å²) in [7, 11) is -3.43. The molecule has 3 fully saturated rings. The van der Waals surface area contributed by atoms with Crippen molar-refractivity contribution >= 4 is 15.8 Å². The monoisotopic (exact) mass is 358 g/mol. The molecule has 2 atom stereocenters. The van der Waals surface area contributed by atoms with Gasteiger partial charge in [0, 0.05) is 36.9 Å². The van der Waals surface area contributed by atoms with E-state index in [1.807, 2.05) is 32.9 Å². The highest BCUT2D eigenvalue weighted by molar-refractivity contribution is 7.89. The third-order valence-electron chi connectivity index (χ3n) is 4.97. The quantitative estimate of drug-likeness (QED) is 0.840. The maximum absolute atomic E-state index is 13.0. The SMILES string of the molecule is Cc1cccc(S(=O)(=O)N2C3CC2CN(c2cc(C)nc(C)n2)C3)c1. The van der Waals surface area contributed by atoms with Crippen LogP contribution in [0.1, 0.15) is 23.5 Å². The summed E-state index contributed by atoms with van der Waals surface area (Å²) in [6, 6.07) is 9.15. The minimum atomic E-state index is -3.43. The van der Waals surface area contributed by atoms with Gasteiger partial charge in [-0.3, -0.25) is 0 Å². The highest BCUT2D eigenvalue weighted by atomic mass is 32.2. The fourth-order valence-electron chi connectivity index (χ4n) is 3.91. The van der Waals surface area contributed by atoms with Gasteiger partial charge >= 0.3 is 0 Å². The van der Waals surface area contributed by atoms with Crippen molar-refractivity contribution in [3.8, 4) is 0 Å². The van der Waals surface area contributed by atoms with Gasteiger partial charge in [-0.05, 0) is 44.9 Å². The predicted molar refractivity (Wildman–Crippen MR) is 96.1 cm³/mol. The van der Waals surface area contributed by atoms with Gasteiger partial charge in [0.25, 0.3) is 0 Å². The second-order valence-electron chi connectivity index (χ2n) is 7.01. The standard InChI is InChI=1S/C18H22N4O2S/c1-12-5-4-6-17(7-12)25(23,24)22-15-9-16(22)11-21(10-15)18-8-13(2)19-14(3)20-18/h4-8,15-16H,9-11H2,1-3H3. The molecule has 0 amide bonds. The van der Waals surface area contributed by atoms with E-state index in [1.165, 1.54) is 0 Å². The summed E-state index contributed by atoms with van der Waals surface area (Å²) in [6.07, 6.45) is 0.921. The topological polar surface area (TPSA) is 66.4 Å². The first-order valence-electron chi connectivity index (χ1n) is 8.52. The van der Waals surface area contributed by atoms with E-state index in [9.17, 15) is 8.42 Å². The highest BCUT2D eigenvalue weighted by Crippen LogP contribution is 2.38. The van der Waals surface area contributed by atoms with Crippen molar-refractivity contribution in [2.24, 2.45) is 0 Å². The van der Waals surface area contributed by atoms with E-state index in [0.29, 0.717) is 18.0 Å². The van der Waals surface area contributed by atoms with Crippen molar-refractivity contribution in [2.45, 2.75) is 44.2 Å². The molecule has 25 heavy (non-hydrogen) atoms. The van der Waals surface area contributed by atoms with Crippen LogP contribution in [-0.2, 0) is 10.0 Å². The molecule has 0 aliphatic carbocycles. The van der Waals surface area contributed by atoms with E-state index in [0.717, 1.165) is 29.3 Å². The number of aryl methyl sites for hydroxylation is 3. The van der Waals surface area contributed by atoms with Crippen LogP contribution >= 0.6 is 0 Å². The number of sulfonamides is 1. The minimum absolute atomic E-state index is 0.0137. The summed E-state index contributed by atoms with van der Waals surface area (Å²) in [5.41, 5.74) is 1.89. The summed E-state index contributed by atoms with van der Waals surface area (Å²) in [6.45, 7) is 7.11. The lowest BCUT2D eigenvalue weighted by Crippen LogP contribution is -2.70. The van der Waals surface area contributed by atoms with Gasteiger partial charge in [0.2, 0.25) is 10.0 Å². The molecule has 0 saturated carbocycles. The molecular formula is C18H22N4O2S. The average Bonchev–Trinajstić information content (AvgIpc) is 2.53. The third-order valence-corrected chi connectivity index (χ3v) is 6.97. The summed E-state index contributed by atoms with van der Waals surface area (Å²) in [5, 5.41) is 0. The Bertz CT molecular complexity index is 896. The first kappa shape index (κ1) is 16.5. The number of benzene rings is 1. The Morgan fingerprint density at radius 2 is 1.76 bits per heavy atom. The predicted octanol–water partition coefficient (Wildman–Crippen LogP) is 2.05. The van der Waals surface area contributed by atoms with Gasteiger partial charge in [-0.2, -0.15) is 4.31 Å². The zero-order valence-corrected chi connectivity index (χ0v) is 15.5. The molecular weight excluding hydrogens is 336 g/mol. The third kappa shape index (κ3) is 2.81. The number of aromatic nitrogens is 2. The van der Waals surface area contributed by atoms with Crippen molar-refractivity contribution in [3.05, 3.63) is 47.4 Å². The molecule has 0 N–H and O–H groups in total. The Morgan fingerprint density at radius 1 is 1.04 bits per heavy atom. The maximum Gasteiger partial charge on any atom is 0.243 e. The van der Waals surface area contributed by atoms with Crippen LogP contribution in [0.2, 0.25) is 0 Å². The van der Waals surface area contributed by atoms with Crippen molar-refractivity contribution in [3.63, 3.8) is 0 Å². The molecule has 1 aromatic heterocycles.